The Morgan fingerprint density at radius 1 is 1.07 bits per heavy atom. The Kier molecular flexibility index (Phi) is 5.20. The molecule has 0 rings (SSSR count). The highest BCUT2D eigenvalue weighted by atomic mass is 16.4. The molecule has 14 heavy (non-hydrogen) atoms. The van der Waals surface area contributed by atoms with Crippen molar-refractivity contribution in [2.75, 3.05) is 0 Å². The van der Waals surface area contributed by atoms with Crippen molar-refractivity contribution >= 4 is 11.9 Å². The zero-order chi connectivity index (χ0) is 11.3. The molecule has 0 saturated heterocycles. The summed E-state index contributed by atoms with van der Waals surface area (Å²) in [6, 6.07) is 0. The van der Waals surface area contributed by atoms with Crippen molar-refractivity contribution in [3.8, 4) is 0 Å². The summed E-state index contributed by atoms with van der Waals surface area (Å²) in [7, 11) is 0. The fourth-order valence-corrected chi connectivity index (χ4v) is 1.77. The molecule has 0 aliphatic carbocycles. The van der Waals surface area contributed by atoms with Gasteiger partial charge in [-0.1, -0.05) is 33.6 Å². The first-order chi connectivity index (χ1) is 6.45. The monoisotopic (exact) mass is 202 g/mol. The number of hydrogen-bond donors (Lipinski definition) is 2. The highest BCUT2D eigenvalue weighted by Gasteiger charge is 2.34. The molecule has 2 atom stereocenters. The van der Waals surface area contributed by atoms with Gasteiger partial charge in [0, 0.05) is 0 Å². The summed E-state index contributed by atoms with van der Waals surface area (Å²) in [5.74, 6) is -3.70. The van der Waals surface area contributed by atoms with Crippen LogP contribution in [-0.4, -0.2) is 22.2 Å². The van der Waals surface area contributed by atoms with Gasteiger partial charge in [-0.05, 0) is 5.92 Å². The first-order valence-electron chi connectivity index (χ1n) is 4.91. The SMILES string of the molecule is CCC(CC)C(C(=O)O)C(C)C(=O)O. The Hall–Kier alpha value is -1.06. The normalized spacial score (nSPS) is 15.1. The van der Waals surface area contributed by atoms with Gasteiger partial charge in [-0.25, -0.2) is 0 Å². The quantitative estimate of drug-likeness (QED) is 0.689. The van der Waals surface area contributed by atoms with Crippen LogP contribution in [-0.2, 0) is 9.59 Å². The Morgan fingerprint density at radius 3 is 1.71 bits per heavy atom. The van der Waals surface area contributed by atoms with E-state index in [0.29, 0.717) is 12.8 Å². The molecule has 0 aromatic rings. The van der Waals surface area contributed by atoms with E-state index in [9.17, 15) is 9.59 Å². The second-order valence-corrected chi connectivity index (χ2v) is 3.57. The molecule has 0 aromatic carbocycles. The third-order valence-corrected chi connectivity index (χ3v) is 2.77. The molecule has 0 heterocycles. The van der Waals surface area contributed by atoms with Gasteiger partial charge in [0.1, 0.15) is 0 Å². The van der Waals surface area contributed by atoms with Gasteiger partial charge >= 0.3 is 11.9 Å². The number of aliphatic carboxylic acids is 2. The van der Waals surface area contributed by atoms with Crippen LogP contribution in [0.4, 0.5) is 0 Å². The molecule has 0 radical (unpaired) electrons. The fraction of sp³-hybridized carbons (Fsp3) is 0.800. The van der Waals surface area contributed by atoms with E-state index in [2.05, 4.69) is 0 Å². The predicted octanol–water partition coefficient (Wildman–Crippen LogP) is 1.84. The summed E-state index contributed by atoms with van der Waals surface area (Å²) in [4.78, 5) is 21.7. The third kappa shape index (κ3) is 3.01. The smallest absolute Gasteiger partial charge is 0.307 e. The molecule has 0 amide bonds. The van der Waals surface area contributed by atoms with E-state index in [-0.39, 0.29) is 5.92 Å². The summed E-state index contributed by atoms with van der Waals surface area (Å²) in [6.45, 7) is 5.23. The minimum absolute atomic E-state index is 0.0569. The van der Waals surface area contributed by atoms with E-state index in [1.54, 1.807) is 0 Å². The van der Waals surface area contributed by atoms with Gasteiger partial charge < -0.3 is 10.2 Å². The zero-order valence-electron chi connectivity index (χ0n) is 8.86. The molecule has 4 heteroatoms. The summed E-state index contributed by atoms with van der Waals surface area (Å²) in [5, 5.41) is 17.7. The first-order valence-corrected chi connectivity index (χ1v) is 4.91. The third-order valence-electron chi connectivity index (χ3n) is 2.77. The lowest BCUT2D eigenvalue weighted by molar-refractivity contribution is -0.155. The van der Waals surface area contributed by atoms with Crippen molar-refractivity contribution in [2.24, 2.45) is 17.8 Å². The lowest BCUT2D eigenvalue weighted by atomic mass is 9.79. The van der Waals surface area contributed by atoms with Crippen LogP contribution in [0.1, 0.15) is 33.6 Å². The van der Waals surface area contributed by atoms with Gasteiger partial charge in [-0.15, -0.1) is 0 Å². The van der Waals surface area contributed by atoms with E-state index < -0.39 is 23.8 Å². The van der Waals surface area contributed by atoms with E-state index in [0.717, 1.165) is 0 Å². The van der Waals surface area contributed by atoms with E-state index in [1.165, 1.54) is 6.92 Å². The van der Waals surface area contributed by atoms with Crippen LogP contribution >= 0.6 is 0 Å². The Balaban J connectivity index is 4.74. The van der Waals surface area contributed by atoms with E-state index in [1.807, 2.05) is 13.8 Å². The van der Waals surface area contributed by atoms with Crippen LogP contribution in [0.3, 0.4) is 0 Å². The molecule has 0 aromatic heterocycles. The number of carboxylic acids is 2. The molecule has 0 aliphatic rings. The van der Waals surface area contributed by atoms with Crippen molar-refractivity contribution in [1.82, 2.24) is 0 Å². The molecule has 2 unspecified atom stereocenters. The average molecular weight is 202 g/mol. The molecule has 4 nitrogen and oxygen atoms in total. The number of carbonyl (C=O) groups is 2. The highest BCUT2D eigenvalue weighted by Crippen LogP contribution is 2.27. The maximum atomic E-state index is 10.9. The van der Waals surface area contributed by atoms with Crippen molar-refractivity contribution in [3.63, 3.8) is 0 Å². The van der Waals surface area contributed by atoms with Crippen LogP contribution in [0.2, 0.25) is 0 Å². The topological polar surface area (TPSA) is 74.6 Å². The zero-order valence-corrected chi connectivity index (χ0v) is 8.86. The second-order valence-electron chi connectivity index (χ2n) is 3.57. The minimum atomic E-state index is -1.04. The molecule has 82 valence electrons. The van der Waals surface area contributed by atoms with Crippen LogP contribution < -0.4 is 0 Å². The molecular formula is C10H18O4. The van der Waals surface area contributed by atoms with Gasteiger partial charge in [-0.2, -0.15) is 0 Å². The number of hydrogen-bond acceptors (Lipinski definition) is 2. The standard InChI is InChI=1S/C10H18O4/c1-4-7(5-2)8(10(13)14)6(3)9(11)12/h6-8H,4-5H2,1-3H3,(H,11,12)(H,13,14). The minimum Gasteiger partial charge on any atom is -0.481 e. The summed E-state index contributed by atoms with van der Waals surface area (Å²) < 4.78 is 0. The van der Waals surface area contributed by atoms with Crippen LogP contribution in [0.5, 0.6) is 0 Å². The van der Waals surface area contributed by atoms with Crippen molar-refractivity contribution in [1.29, 1.82) is 0 Å². The number of rotatable bonds is 6. The molecule has 0 bridgehead atoms. The van der Waals surface area contributed by atoms with Gasteiger partial charge in [0.05, 0.1) is 11.8 Å². The largest absolute Gasteiger partial charge is 0.481 e. The van der Waals surface area contributed by atoms with Gasteiger partial charge in [0.15, 0.2) is 0 Å². The van der Waals surface area contributed by atoms with Crippen molar-refractivity contribution in [3.05, 3.63) is 0 Å². The molecule has 0 saturated carbocycles. The van der Waals surface area contributed by atoms with Crippen LogP contribution in [0, 0.1) is 17.8 Å². The van der Waals surface area contributed by atoms with E-state index in [4.69, 9.17) is 10.2 Å². The van der Waals surface area contributed by atoms with Crippen LogP contribution in [0.25, 0.3) is 0 Å². The molecular weight excluding hydrogens is 184 g/mol. The lowest BCUT2D eigenvalue weighted by Crippen LogP contribution is -2.33. The number of carboxylic acid groups (broad SMARTS) is 2. The molecule has 2 N–H and O–H groups in total. The first kappa shape index (κ1) is 12.9. The Bertz CT molecular complexity index is 208. The summed E-state index contributed by atoms with van der Waals surface area (Å²) in [6.07, 6.45) is 1.40. The van der Waals surface area contributed by atoms with Gasteiger partial charge in [0.25, 0.3) is 0 Å². The lowest BCUT2D eigenvalue weighted by Gasteiger charge is -2.24. The second kappa shape index (κ2) is 5.62. The van der Waals surface area contributed by atoms with Crippen molar-refractivity contribution in [2.45, 2.75) is 33.6 Å². The Labute approximate surface area is 83.9 Å². The molecule has 0 fully saturated rings. The summed E-state index contributed by atoms with van der Waals surface area (Å²) in [5.41, 5.74) is 0. The van der Waals surface area contributed by atoms with Crippen LogP contribution in [0.15, 0.2) is 0 Å². The van der Waals surface area contributed by atoms with E-state index >= 15 is 0 Å². The maximum Gasteiger partial charge on any atom is 0.307 e. The molecule has 0 aliphatic heterocycles. The van der Waals surface area contributed by atoms with Gasteiger partial charge in [-0.3, -0.25) is 9.59 Å². The van der Waals surface area contributed by atoms with Crippen molar-refractivity contribution < 1.29 is 19.8 Å². The van der Waals surface area contributed by atoms with Gasteiger partial charge in [0.2, 0.25) is 0 Å². The average Bonchev–Trinajstić information content (AvgIpc) is 2.12. The molecule has 0 spiro atoms. The maximum absolute atomic E-state index is 10.9. The predicted molar refractivity (Wildman–Crippen MR) is 52.0 cm³/mol. The fourth-order valence-electron chi connectivity index (χ4n) is 1.77. The highest BCUT2D eigenvalue weighted by molar-refractivity contribution is 5.79. The summed E-state index contributed by atoms with van der Waals surface area (Å²) >= 11 is 0. The Morgan fingerprint density at radius 2 is 1.50 bits per heavy atom.